The molecular weight excluding hydrogens is 606 g/mol. The number of hydrogen-bond donors (Lipinski definition) is 8. The van der Waals surface area contributed by atoms with E-state index >= 15 is 0 Å². The molecule has 4 bridgehead atoms. The molecule has 11 nitrogen and oxygen atoms in total. The van der Waals surface area contributed by atoms with E-state index in [0.29, 0.717) is 32.2 Å². The number of aliphatic hydroxyl groups is 6. The molecule has 2 saturated heterocycles. The Hall–Kier alpha value is -1.15. The summed E-state index contributed by atoms with van der Waals surface area (Å²) in [5.74, 6) is -1.08. The van der Waals surface area contributed by atoms with E-state index in [1.54, 1.807) is 0 Å². The van der Waals surface area contributed by atoms with Crippen molar-refractivity contribution in [2.45, 2.75) is 122 Å². The van der Waals surface area contributed by atoms with Crippen molar-refractivity contribution in [3.8, 4) is 0 Å². The highest BCUT2D eigenvalue weighted by atomic mass is 16.7. The van der Waals surface area contributed by atoms with Gasteiger partial charge in [0.1, 0.15) is 18.3 Å². The van der Waals surface area contributed by atoms with Gasteiger partial charge in [0.15, 0.2) is 6.29 Å². The van der Waals surface area contributed by atoms with E-state index in [2.05, 4.69) is 39.1 Å². The monoisotopic (exact) mass is 663 g/mol. The fourth-order valence-electron chi connectivity index (χ4n) is 13.2. The molecule has 0 aromatic carbocycles. The minimum Gasteiger partial charge on any atom is -0.481 e. The van der Waals surface area contributed by atoms with E-state index in [0.717, 1.165) is 19.3 Å². The van der Waals surface area contributed by atoms with Crippen molar-refractivity contribution in [1.82, 2.24) is 5.32 Å². The minimum absolute atomic E-state index is 0.0192. The maximum atomic E-state index is 13.0. The van der Waals surface area contributed by atoms with Gasteiger partial charge in [-0.15, -0.1) is 0 Å². The van der Waals surface area contributed by atoms with Gasteiger partial charge in [-0.3, -0.25) is 4.79 Å². The molecule has 17 atom stereocenters. The minimum atomic E-state index is -1.51. The van der Waals surface area contributed by atoms with Crippen LogP contribution in [-0.2, 0) is 14.3 Å². The van der Waals surface area contributed by atoms with Crippen molar-refractivity contribution >= 4 is 5.97 Å². The number of carboxylic acids is 1. The lowest BCUT2D eigenvalue weighted by Crippen LogP contribution is -2.80. The SMILES string of the molecule is CC1(CO)CCC2(C(=O)O)CCC3(C)C(=CCC4C5(C)C6CNC(CC43C)C5C(C)(CO)C(OC3OCC(O)C(O)C3O)C6O)C2C1. The van der Waals surface area contributed by atoms with E-state index in [1.165, 1.54) is 5.57 Å². The number of carbonyl (C=O) groups is 1. The number of piperidine rings is 1. The van der Waals surface area contributed by atoms with Crippen molar-refractivity contribution in [2.24, 2.45) is 56.2 Å². The molecule has 2 aliphatic heterocycles. The third-order valence-electron chi connectivity index (χ3n) is 16.1. The van der Waals surface area contributed by atoms with Crippen LogP contribution in [0.25, 0.3) is 0 Å². The predicted molar refractivity (Wildman–Crippen MR) is 170 cm³/mol. The van der Waals surface area contributed by atoms with E-state index in [4.69, 9.17) is 9.47 Å². The third-order valence-corrected chi connectivity index (χ3v) is 16.1. The van der Waals surface area contributed by atoms with Gasteiger partial charge in [0.25, 0.3) is 0 Å². The quantitative estimate of drug-likeness (QED) is 0.157. The van der Waals surface area contributed by atoms with Gasteiger partial charge in [-0.2, -0.15) is 0 Å². The number of aliphatic hydroxyl groups excluding tert-OH is 6. The second kappa shape index (κ2) is 10.9. The molecule has 6 fully saturated rings. The van der Waals surface area contributed by atoms with Crippen LogP contribution in [0.5, 0.6) is 0 Å². The lowest BCUT2D eigenvalue weighted by molar-refractivity contribution is -0.347. The molecule has 0 aromatic rings. The Morgan fingerprint density at radius 2 is 1.66 bits per heavy atom. The summed E-state index contributed by atoms with van der Waals surface area (Å²) < 4.78 is 12.0. The highest BCUT2D eigenvalue weighted by molar-refractivity contribution is 5.76. The molecule has 0 aromatic heterocycles. The van der Waals surface area contributed by atoms with Gasteiger partial charge in [0, 0.05) is 30.5 Å². The number of carboxylic acid groups (broad SMARTS) is 1. The van der Waals surface area contributed by atoms with E-state index in [1.807, 2.05) is 6.92 Å². The molecule has 0 amide bonds. The molecule has 2 heterocycles. The molecule has 7 aliphatic rings. The summed E-state index contributed by atoms with van der Waals surface area (Å²) in [6.07, 6.45) is -0.184. The number of ether oxygens (including phenoxy) is 2. The maximum absolute atomic E-state index is 13.0. The van der Waals surface area contributed by atoms with Gasteiger partial charge in [-0.05, 0) is 84.4 Å². The van der Waals surface area contributed by atoms with Crippen LogP contribution < -0.4 is 5.32 Å². The molecule has 11 heteroatoms. The smallest absolute Gasteiger partial charge is 0.310 e. The fraction of sp³-hybridized carbons (Fsp3) is 0.917. The zero-order chi connectivity index (χ0) is 34.1. The Morgan fingerprint density at radius 1 is 0.957 bits per heavy atom. The van der Waals surface area contributed by atoms with Gasteiger partial charge in [0.05, 0.1) is 30.8 Å². The normalized spacial score (nSPS) is 58.4. The van der Waals surface area contributed by atoms with Gasteiger partial charge >= 0.3 is 5.97 Å². The predicted octanol–water partition coefficient (Wildman–Crippen LogP) is 1.42. The first-order valence-electron chi connectivity index (χ1n) is 17.9. The van der Waals surface area contributed by atoms with Crippen molar-refractivity contribution in [2.75, 3.05) is 26.4 Å². The van der Waals surface area contributed by atoms with Crippen LogP contribution >= 0.6 is 0 Å². The first kappa shape index (κ1) is 34.3. The summed E-state index contributed by atoms with van der Waals surface area (Å²) in [6, 6.07) is -0.0192. The number of fused-ring (bicyclic) bond motifs is 5. The average Bonchev–Trinajstić information content (AvgIpc) is 3.02. The highest BCUT2D eigenvalue weighted by Gasteiger charge is 2.76. The summed E-state index contributed by atoms with van der Waals surface area (Å²) >= 11 is 0. The van der Waals surface area contributed by atoms with Crippen molar-refractivity contribution in [3.05, 3.63) is 11.6 Å². The Bertz CT molecular complexity index is 1310. The van der Waals surface area contributed by atoms with Gasteiger partial charge in [-0.25, -0.2) is 0 Å². The van der Waals surface area contributed by atoms with E-state index in [9.17, 15) is 40.5 Å². The zero-order valence-corrected chi connectivity index (χ0v) is 28.6. The van der Waals surface area contributed by atoms with E-state index < -0.39 is 59.0 Å². The maximum Gasteiger partial charge on any atom is 0.310 e. The van der Waals surface area contributed by atoms with Crippen LogP contribution in [0.2, 0.25) is 0 Å². The molecule has 5 aliphatic carbocycles. The van der Waals surface area contributed by atoms with Crippen molar-refractivity contribution < 1.29 is 50.0 Å². The molecule has 4 saturated carbocycles. The van der Waals surface area contributed by atoms with Crippen LogP contribution in [-0.4, -0.2) is 111 Å². The highest BCUT2D eigenvalue weighted by Crippen LogP contribution is 2.77. The number of nitrogens with one attached hydrogen (secondary N) is 1. The molecule has 0 radical (unpaired) electrons. The van der Waals surface area contributed by atoms with Gasteiger partial charge in [-0.1, -0.05) is 46.3 Å². The van der Waals surface area contributed by atoms with Crippen LogP contribution in [0.3, 0.4) is 0 Å². The van der Waals surface area contributed by atoms with Crippen LogP contribution in [0, 0.1) is 56.2 Å². The van der Waals surface area contributed by atoms with Gasteiger partial charge in [0.2, 0.25) is 0 Å². The largest absolute Gasteiger partial charge is 0.481 e. The lowest BCUT2D eigenvalue weighted by Gasteiger charge is -2.76. The van der Waals surface area contributed by atoms with Crippen LogP contribution in [0.4, 0.5) is 0 Å². The topological polar surface area (TPSA) is 189 Å². The standard InChI is InChI=1S/C36H57NO10/c1-31(16-38)8-10-36(30(44)45)11-9-33(3)18(19(36)12-31)6-7-23-34(33,4)13-21-27-32(2,17-39)28(24(41)20(14-37-21)35(23,27)5)47-29-26(43)25(42)22(40)15-46-29/h6,19-29,37-43H,7-17H2,1-5H3,(H,44,45). The molecule has 8 N–H and O–H groups in total. The third kappa shape index (κ3) is 4.27. The summed E-state index contributed by atoms with van der Waals surface area (Å²) in [5.41, 5.74) is -1.76. The van der Waals surface area contributed by atoms with Gasteiger partial charge < -0.3 is 50.5 Å². The molecular formula is C36H57NO10. The Kier molecular flexibility index (Phi) is 7.97. The lowest BCUT2D eigenvalue weighted by atomic mass is 9.30. The Balaban J connectivity index is 1.28. The summed E-state index contributed by atoms with van der Waals surface area (Å²) in [5, 5.41) is 79.4. The first-order chi connectivity index (χ1) is 22.0. The second-order valence-corrected chi connectivity index (χ2v) is 18.0. The Morgan fingerprint density at radius 3 is 2.32 bits per heavy atom. The number of aliphatic carboxylic acids is 1. The molecule has 47 heavy (non-hydrogen) atoms. The first-order valence-corrected chi connectivity index (χ1v) is 17.9. The average molecular weight is 664 g/mol. The van der Waals surface area contributed by atoms with E-state index in [-0.39, 0.29) is 65.8 Å². The summed E-state index contributed by atoms with van der Waals surface area (Å²) in [6.45, 7) is 11.2. The Labute approximate surface area is 277 Å². The number of allylic oxidation sites excluding steroid dienone is 2. The summed E-state index contributed by atoms with van der Waals surface area (Å²) in [7, 11) is 0. The number of hydrogen-bond acceptors (Lipinski definition) is 10. The molecule has 17 unspecified atom stereocenters. The molecule has 266 valence electrons. The van der Waals surface area contributed by atoms with Crippen LogP contribution in [0.1, 0.15) is 79.6 Å². The molecule has 0 spiro atoms. The zero-order valence-electron chi connectivity index (χ0n) is 28.6. The van der Waals surface area contributed by atoms with Crippen molar-refractivity contribution in [1.29, 1.82) is 0 Å². The summed E-state index contributed by atoms with van der Waals surface area (Å²) in [4.78, 5) is 13.0. The molecule has 7 rings (SSSR count). The fourth-order valence-corrected chi connectivity index (χ4v) is 13.2. The van der Waals surface area contributed by atoms with Crippen LogP contribution in [0.15, 0.2) is 11.6 Å². The second-order valence-electron chi connectivity index (χ2n) is 18.0. The number of rotatable bonds is 5. The van der Waals surface area contributed by atoms with Crippen molar-refractivity contribution in [3.63, 3.8) is 0 Å².